The van der Waals surface area contributed by atoms with Gasteiger partial charge in [-0.25, -0.2) is 4.39 Å². The van der Waals surface area contributed by atoms with E-state index in [2.05, 4.69) is 41.2 Å². The molecule has 0 amide bonds. The van der Waals surface area contributed by atoms with Gasteiger partial charge in [0.05, 0.1) is 6.10 Å². The number of ether oxygens (including phenoxy) is 1. The third kappa shape index (κ3) is 5.46. The second-order valence-electron chi connectivity index (χ2n) is 8.08. The first-order valence-electron chi connectivity index (χ1n) is 11.6. The Morgan fingerprint density at radius 3 is 2.41 bits per heavy atom. The zero-order valence-electron chi connectivity index (χ0n) is 19.5. The highest BCUT2D eigenvalue weighted by molar-refractivity contribution is 5.87. The molecule has 0 aliphatic carbocycles. The first-order valence-corrected chi connectivity index (χ1v) is 11.6. The van der Waals surface area contributed by atoms with Crippen LogP contribution in [0.2, 0.25) is 0 Å². The van der Waals surface area contributed by atoms with Gasteiger partial charge in [-0.15, -0.1) is 0 Å². The van der Waals surface area contributed by atoms with Crippen molar-refractivity contribution in [3.63, 3.8) is 0 Å². The molecular formula is C28H30FN3O2. The molecule has 6 heteroatoms. The van der Waals surface area contributed by atoms with Crippen LogP contribution in [0.1, 0.15) is 31.1 Å². The molecule has 0 aliphatic rings. The van der Waals surface area contributed by atoms with Crippen molar-refractivity contribution in [1.82, 2.24) is 4.98 Å². The first kappa shape index (κ1) is 23.5. The van der Waals surface area contributed by atoms with Gasteiger partial charge in [0.25, 0.3) is 0 Å². The van der Waals surface area contributed by atoms with Gasteiger partial charge in [-0.2, -0.15) is 0 Å². The van der Waals surface area contributed by atoms with Crippen LogP contribution in [0.15, 0.2) is 79.0 Å². The maximum Gasteiger partial charge on any atom is 0.146 e. The third-order valence-electron chi connectivity index (χ3n) is 5.93. The molecule has 2 N–H and O–H groups in total. The molecule has 176 valence electrons. The lowest BCUT2D eigenvalue weighted by Crippen LogP contribution is -2.21. The van der Waals surface area contributed by atoms with E-state index in [0.29, 0.717) is 24.4 Å². The number of hydrogen-bond acceptors (Lipinski definition) is 5. The van der Waals surface area contributed by atoms with Gasteiger partial charge in [0.1, 0.15) is 23.7 Å². The number of fused-ring (bicyclic) bond motifs is 1. The fraction of sp³-hybridized carbons (Fsp3) is 0.250. The van der Waals surface area contributed by atoms with Crippen LogP contribution in [0.25, 0.3) is 10.9 Å². The molecule has 0 saturated carbocycles. The first-order chi connectivity index (χ1) is 16.6. The summed E-state index contributed by atoms with van der Waals surface area (Å²) in [4.78, 5) is 6.78. The number of hydrogen-bond donors (Lipinski definition) is 2. The average molecular weight is 460 g/mol. The van der Waals surface area contributed by atoms with E-state index in [1.54, 1.807) is 18.3 Å². The summed E-state index contributed by atoms with van der Waals surface area (Å²) < 4.78 is 19.1. The molecule has 0 unspecified atom stereocenters. The van der Waals surface area contributed by atoms with Gasteiger partial charge in [0, 0.05) is 42.6 Å². The molecule has 0 fully saturated rings. The molecule has 5 nitrogen and oxygen atoms in total. The van der Waals surface area contributed by atoms with Gasteiger partial charge in [-0.1, -0.05) is 24.3 Å². The van der Waals surface area contributed by atoms with E-state index in [1.165, 1.54) is 17.8 Å². The van der Waals surface area contributed by atoms with Gasteiger partial charge in [-0.3, -0.25) is 4.98 Å². The SMILES string of the molecule is CCN(CC)c1ccc(NC[C@@H](O)c2ccc(OCc3ccc(F)cc3)c3ncccc23)cc1. The Morgan fingerprint density at radius 1 is 0.971 bits per heavy atom. The van der Waals surface area contributed by atoms with Crippen LogP contribution in [-0.4, -0.2) is 29.7 Å². The van der Waals surface area contributed by atoms with Crippen LogP contribution in [0.3, 0.4) is 0 Å². The van der Waals surface area contributed by atoms with E-state index >= 15 is 0 Å². The smallest absolute Gasteiger partial charge is 0.146 e. The Kier molecular flexibility index (Phi) is 7.60. The number of aliphatic hydroxyl groups is 1. The molecule has 4 rings (SSSR count). The lowest BCUT2D eigenvalue weighted by Gasteiger charge is -2.21. The predicted molar refractivity (Wildman–Crippen MR) is 136 cm³/mol. The van der Waals surface area contributed by atoms with Crippen LogP contribution < -0.4 is 15.0 Å². The molecule has 3 aromatic carbocycles. The highest BCUT2D eigenvalue weighted by atomic mass is 19.1. The van der Waals surface area contributed by atoms with Crippen molar-refractivity contribution >= 4 is 22.3 Å². The molecule has 0 spiro atoms. The molecule has 0 radical (unpaired) electrons. The Hall–Kier alpha value is -3.64. The highest BCUT2D eigenvalue weighted by Crippen LogP contribution is 2.31. The molecule has 0 aliphatic heterocycles. The normalized spacial score (nSPS) is 11.9. The minimum atomic E-state index is -0.722. The summed E-state index contributed by atoms with van der Waals surface area (Å²) in [6.07, 6.45) is 0.985. The van der Waals surface area contributed by atoms with Crippen LogP contribution in [0, 0.1) is 5.82 Å². The average Bonchev–Trinajstić information content (AvgIpc) is 2.88. The van der Waals surface area contributed by atoms with Crippen molar-refractivity contribution < 1.29 is 14.2 Å². The van der Waals surface area contributed by atoms with Gasteiger partial charge >= 0.3 is 0 Å². The quantitative estimate of drug-likeness (QED) is 0.307. The number of rotatable bonds is 10. The lowest BCUT2D eigenvalue weighted by atomic mass is 10.0. The number of pyridine rings is 1. The fourth-order valence-electron chi connectivity index (χ4n) is 4.02. The fourth-order valence-corrected chi connectivity index (χ4v) is 4.02. The lowest BCUT2D eigenvalue weighted by molar-refractivity contribution is 0.193. The standard InChI is InChI=1S/C28H30FN3O2/c1-3-32(4-2)23-13-11-22(12-14-23)31-18-26(33)24-15-16-27(28-25(24)6-5-17-30-28)34-19-20-7-9-21(29)10-8-20/h5-17,26,31,33H,3-4,18-19H2,1-2H3/t26-/m1/s1. The maximum absolute atomic E-state index is 13.1. The summed E-state index contributed by atoms with van der Waals surface area (Å²) in [5.41, 5.74) is 4.47. The van der Waals surface area contributed by atoms with Crippen molar-refractivity contribution in [2.75, 3.05) is 29.9 Å². The summed E-state index contributed by atoms with van der Waals surface area (Å²) in [6, 6.07) is 22.0. The molecule has 0 bridgehead atoms. The number of anilines is 2. The maximum atomic E-state index is 13.1. The molecule has 1 heterocycles. The van der Waals surface area contributed by atoms with E-state index in [9.17, 15) is 9.50 Å². The summed E-state index contributed by atoms with van der Waals surface area (Å²) in [5, 5.41) is 15.1. The molecular weight excluding hydrogens is 429 g/mol. The van der Waals surface area contributed by atoms with Crippen molar-refractivity contribution in [2.45, 2.75) is 26.6 Å². The molecule has 0 saturated heterocycles. The highest BCUT2D eigenvalue weighted by Gasteiger charge is 2.15. The third-order valence-corrected chi connectivity index (χ3v) is 5.93. The summed E-state index contributed by atoms with van der Waals surface area (Å²) >= 11 is 0. The topological polar surface area (TPSA) is 57.6 Å². The molecule has 34 heavy (non-hydrogen) atoms. The van der Waals surface area contributed by atoms with E-state index in [4.69, 9.17) is 4.74 Å². The Labute approximate surface area is 199 Å². The molecule has 1 atom stereocenters. The van der Waals surface area contributed by atoms with E-state index in [0.717, 1.165) is 35.3 Å². The summed E-state index contributed by atoms with van der Waals surface area (Å²) in [5.74, 6) is 0.346. The van der Waals surface area contributed by atoms with Gasteiger partial charge < -0.3 is 20.1 Å². The monoisotopic (exact) mass is 459 g/mol. The Bertz CT molecular complexity index is 1210. The number of nitrogens with one attached hydrogen (secondary N) is 1. The van der Waals surface area contributed by atoms with Gasteiger partial charge in [0.15, 0.2) is 0 Å². The van der Waals surface area contributed by atoms with Crippen LogP contribution in [0.5, 0.6) is 5.75 Å². The zero-order chi connectivity index (χ0) is 23.9. The number of halogens is 1. The second-order valence-corrected chi connectivity index (χ2v) is 8.08. The molecule has 1 aromatic heterocycles. The Balaban J connectivity index is 1.46. The number of aromatic nitrogens is 1. The van der Waals surface area contributed by atoms with Crippen LogP contribution in [0.4, 0.5) is 15.8 Å². The minimum absolute atomic E-state index is 0.275. The van der Waals surface area contributed by atoms with Crippen LogP contribution >= 0.6 is 0 Å². The van der Waals surface area contributed by atoms with Gasteiger partial charge in [0.2, 0.25) is 0 Å². The van der Waals surface area contributed by atoms with Crippen LogP contribution in [-0.2, 0) is 6.61 Å². The summed E-state index contributed by atoms with van der Waals surface area (Å²) in [7, 11) is 0. The zero-order valence-corrected chi connectivity index (χ0v) is 19.5. The van der Waals surface area contributed by atoms with Crippen molar-refractivity contribution in [3.8, 4) is 5.75 Å². The largest absolute Gasteiger partial charge is 0.487 e. The van der Waals surface area contributed by atoms with Crippen molar-refractivity contribution in [3.05, 3.63) is 95.9 Å². The second kappa shape index (κ2) is 11.0. The Morgan fingerprint density at radius 2 is 1.71 bits per heavy atom. The van der Waals surface area contributed by atoms with E-state index < -0.39 is 6.10 Å². The minimum Gasteiger partial charge on any atom is -0.487 e. The molecule has 4 aromatic rings. The number of benzene rings is 3. The number of aliphatic hydroxyl groups excluding tert-OH is 1. The summed E-state index contributed by atoms with van der Waals surface area (Å²) in [6.45, 7) is 6.89. The predicted octanol–water partition coefficient (Wildman–Crippen LogP) is 5.94. The van der Waals surface area contributed by atoms with Gasteiger partial charge in [-0.05, 0) is 73.5 Å². The van der Waals surface area contributed by atoms with E-state index in [-0.39, 0.29) is 5.82 Å². The van der Waals surface area contributed by atoms with Crippen molar-refractivity contribution in [2.24, 2.45) is 0 Å². The van der Waals surface area contributed by atoms with Crippen molar-refractivity contribution in [1.29, 1.82) is 0 Å². The van der Waals surface area contributed by atoms with E-state index in [1.807, 2.05) is 36.4 Å². The number of nitrogens with zero attached hydrogens (tertiary/aromatic N) is 2.